The van der Waals surface area contributed by atoms with Gasteiger partial charge in [0.05, 0.1) is 0 Å². The van der Waals surface area contributed by atoms with E-state index >= 15 is 0 Å². The zero-order valence-corrected chi connectivity index (χ0v) is 7.11. The molecule has 0 saturated carbocycles. The largest absolute Gasteiger partial charge is 0.251 e. The van der Waals surface area contributed by atoms with E-state index in [0.717, 1.165) is 0 Å². The molecule has 2 bridgehead atoms. The van der Waals surface area contributed by atoms with Gasteiger partial charge in [0.25, 0.3) is 0 Å². The fraction of sp³-hybridized carbons (Fsp3) is 0.750. The van der Waals surface area contributed by atoms with Crippen LogP contribution in [0.15, 0.2) is 12.2 Å². The molecule has 0 unspecified atom stereocenters. The fourth-order valence-corrected chi connectivity index (χ4v) is 1.56. The van der Waals surface area contributed by atoms with Crippen LogP contribution in [-0.4, -0.2) is 22.6 Å². The van der Waals surface area contributed by atoms with Crippen molar-refractivity contribution in [3.63, 3.8) is 0 Å². The van der Waals surface area contributed by atoms with Gasteiger partial charge in [-0.05, 0) is 19.9 Å². The second kappa shape index (κ2) is 2.29. The van der Waals surface area contributed by atoms with Gasteiger partial charge in [-0.3, -0.25) is 5.26 Å². The Labute approximate surface area is 70.6 Å². The van der Waals surface area contributed by atoms with Crippen molar-refractivity contribution in [2.24, 2.45) is 0 Å². The van der Waals surface area contributed by atoms with Gasteiger partial charge in [0.1, 0.15) is 17.3 Å². The molecule has 2 heterocycles. The Morgan fingerprint density at radius 2 is 2.17 bits per heavy atom. The van der Waals surface area contributed by atoms with Crippen molar-refractivity contribution in [1.82, 2.24) is 0 Å². The lowest BCUT2D eigenvalue weighted by Crippen LogP contribution is -2.56. The standard InChI is InChI=1S/C8H12O4/c1-7-3-4-8(2,12-11-7)6(5-7)10-9/h3-4,6,9H,5H2,1-2H3/t6-,7+,8-/m1/s1. The zero-order valence-electron chi connectivity index (χ0n) is 7.11. The Balaban J connectivity index is 2.31. The second-order valence-corrected chi connectivity index (χ2v) is 3.79. The van der Waals surface area contributed by atoms with Gasteiger partial charge in [-0.25, -0.2) is 14.7 Å². The van der Waals surface area contributed by atoms with Crippen molar-refractivity contribution in [1.29, 1.82) is 0 Å². The lowest BCUT2D eigenvalue weighted by molar-refractivity contribution is -0.466. The van der Waals surface area contributed by atoms with E-state index in [9.17, 15) is 0 Å². The molecular weight excluding hydrogens is 160 g/mol. The fourth-order valence-electron chi connectivity index (χ4n) is 1.56. The molecular formula is C8H12O4. The van der Waals surface area contributed by atoms with Gasteiger partial charge >= 0.3 is 0 Å². The molecule has 1 N–H and O–H groups in total. The molecule has 4 heteroatoms. The van der Waals surface area contributed by atoms with E-state index in [-0.39, 0.29) is 6.10 Å². The minimum absolute atomic E-state index is 0.346. The van der Waals surface area contributed by atoms with E-state index in [4.69, 9.17) is 15.0 Å². The van der Waals surface area contributed by atoms with Crippen LogP contribution in [0.1, 0.15) is 20.3 Å². The first-order valence-electron chi connectivity index (χ1n) is 3.95. The first kappa shape index (κ1) is 8.19. The third-order valence-electron chi connectivity index (χ3n) is 2.54. The highest BCUT2D eigenvalue weighted by Gasteiger charge is 2.51. The highest BCUT2D eigenvalue weighted by molar-refractivity contribution is 5.18. The second-order valence-electron chi connectivity index (χ2n) is 3.79. The van der Waals surface area contributed by atoms with Crippen molar-refractivity contribution in [2.75, 3.05) is 0 Å². The van der Waals surface area contributed by atoms with Crippen LogP contribution < -0.4 is 0 Å². The SMILES string of the molecule is C[C@@]12C=C[C@@](C)(OO1)[C@H](OO)C2. The molecule has 1 aliphatic carbocycles. The molecule has 3 atom stereocenters. The number of hydrogen-bond acceptors (Lipinski definition) is 4. The summed E-state index contributed by atoms with van der Waals surface area (Å²) >= 11 is 0. The molecule has 2 aliphatic heterocycles. The summed E-state index contributed by atoms with van der Waals surface area (Å²) in [6, 6.07) is 0. The van der Waals surface area contributed by atoms with Gasteiger partial charge in [0.2, 0.25) is 0 Å². The summed E-state index contributed by atoms with van der Waals surface area (Å²) in [5.41, 5.74) is -1.10. The van der Waals surface area contributed by atoms with Crippen molar-refractivity contribution in [2.45, 2.75) is 37.6 Å². The normalized spacial score (nSPS) is 51.4. The average Bonchev–Trinajstić information content (AvgIpc) is 2.07. The summed E-state index contributed by atoms with van der Waals surface area (Å²) in [6.07, 6.45) is 4.06. The summed E-state index contributed by atoms with van der Waals surface area (Å²) in [6.45, 7) is 3.69. The van der Waals surface area contributed by atoms with Crippen LogP contribution in [-0.2, 0) is 14.7 Å². The third-order valence-corrected chi connectivity index (χ3v) is 2.54. The lowest BCUT2D eigenvalue weighted by atomic mass is 9.81. The monoisotopic (exact) mass is 172 g/mol. The van der Waals surface area contributed by atoms with E-state index < -0.39 is 11.2 Å². The molecule has 1 fully saturated rings. The maximum Gasteiger partial charge on any atom is 0.148 e. The Hall–Kier alpha value is -0.420. The minimum atomic E-state index is -0.646. The molecule has 0 radical (unpaired) electrons. The predicted octanol–water partition coefficient (Wildman–Crippen LogP) is 1.28. The smallest absolute Gasteiger partial charge is 0.148 e. The quantitative estimate of drug-likeness (QED) is 0.368. The summed E-state index contributed by atoms with van der Waals surface area (Å²) in [5, 5.41) is 8.62. The summed E-state index contributed by atoms with van der Waals surface area (Å²) in [4.78, 5) is 14.6. The van der Waals surface area contributed by atoms with Gasteiger partial charge in [-0.1, -0.05) is 6.08 Å². The average molecular weight is 172 g/mol. The molecule has 3 aliphatic rings. The predicted molar refractivity (Wildman–Crippen MR) is 40.2 cm³/mol. The van der Waals surface area contributed by atoms with Gasteiger partial charge in [-0.2, -0.15) is 0 Å². The molecule has 0 spiro atoms. The molecule has 0 aromatic carbocycles. The lowest BCUT2D eigenvalue weighted by Gasteiger charge is -2.47. The molecule has 0 aromatic heterocycles. The molecule has 12 heavy (non-hydrogen) atoms. The van der Waals surface area contributed by atoms with Crippen LogP contribution in [0, 0.1) is 0 Å². The Kier molecular flexibility index (Phi) is 1.56. The van der Waals surface area contributed by atoms with E-state index in [2.05, 4.69) is 4.89 Å². The Bertz CT molecular complexity index is 227. The zero-order chi connectivity index (χ0) is 8.82. The van der Waals surface area contributed by atoms with Crippen molar-refractivity contribution >= 4 is 0 Å². The highest BCUT2D eigenvalue weighted by atomic mass is 17.2. The number of hydrogen-bond donors (Lipinski definition) is 1. The van der Waals surface area contributed by atoms with Crippen molar-refractivity contribution < 1.29 is 19.9 Å². The Morgan fingerprint density at radius 1 is 1.42 bits per heavy atom. The molecule has 0 aromatic rings. The topological polar surface area (TPSA) is 47.9 Å². The first-order valence-corrected chi connectivity index (χ1v) is 3.95. The van der Waals surface area contributed by atoms with E-state index in [1.165, 1.54) is 0 Å². The van der Waals surface area contributed by atoms with Crippen LogP contribution in [0.4, 0.5) is 0 Å². The van der Waals surface area contributed by atoms with Crippen LogP contribution >= 0.6 is 0 Å². The molecule has 1 saturated heterocycles. The van der Waals surface area contributed by atoms with E-state index in [1.807, 2.05) is 26.0 Å². The van der Waals surface area contributed by atoms with Crippen molar-refractivity contribution in [3.8, 4) is 0 Å². The maximum atomic E-state index is 8.62. The molecule has 68 valence electrons. The van der Waals surface area contributed by atoms with Crippen molar-refractivity contribution in [3.05, 3.63) is 12.2 Å². The van der Waals surface area contributed by atoms with Gasteiger partial charge in [0.15, 0.2) is 0 Å². The van der Waals surface area contributed by atoms with E-state index in [0.29, 0.717) is 6.42 Å². The summed E-state index contributed by atoms with van der Waals surface area (Å²) < 4.78 is 0. The van der Waals surface area contributed by atoms with Gasteiger partial charge in [-0.15, -0.1) is 0 Å². The molecule has 3 rings (SSSR count). The highest BCUT2D eigenvalue weighted by Crippen LogP contribution is 2.41. The first-order chi connectivity index (χ1) is 5.58. The van der Waals surface area contributed by atoms with Crippen LogP contribution in [0.3, 0.4) is 0 Å². The Morgan fingerprint density at radius 3 is 2.58 bits per heavy atom. The van der Waals surface area contributed by atoms with Gasteiger partial charge in [0, 0.05) is 6.42 Å². The maximum absolute atomic E-state index is 8.62. The van der Waals surface area contributed by atoms with Crippen LogP contribution in [0.25, 0.3) is 0 Å². The minimum Gasteiger partial charge on any atom is -0.251 e. The summed E-state index contributed by atoms with van der Waals surface area (Å²) in [7, 11) is 0. The third kappa shape index (κ3) is 0.998. The number of fused-ring (bicyclic) bond motifs is 2. The molecule has 4 nitrogen and oxygen atoms in total. The number of rotatable bonds is 1. The summed E-state index contributed by atoms with van der Waals surface area (Å²) in [5.74, 6) is 0. The molecule has 0 amide bonds. The van der Waals surface area contributed by atoms with Gasteiger partial charge < -0.3 is 0 Å². The van der Waals surface area contributed by atoms with Crippen LogP contribution in [0.5, 0.6) is 0 Å². The van der Waals surface area contributed by atoms with Crippen LogP contribution in [0.2, 0.25) is 0 Å². The van der Waals surface area contributed by atoms with E-state index in [1.54, 1.807) is 0 Å².